The minimum absolute atomic E-state index is 0.367. The maximum Gasteiger partial charge on any atom is 0.384 e. The Bertz CT molecular complexity index is 443. The number of aromatic nitrogens is 1. The van der Waals surface area contributed by atoms with E-state index in [1.165, 1.54) is 5.56 Å². The molecule has 1 rings (SSSR count). The number of quaternary nitrogens is 1. The van der Waals surface area contributed by atoms with Gasteiger partial charge in [-0.25, -0.2) is 0 Å². The first-order chi connectivity index (χ1) is 10.1. The van der Waals surface area contributed by atoms with Crippen LogP contribution in [0.25, 0.3) is 0 Å². The number of nitrogens with one attached hydrogen (secondary N) is 1. The topological polar surface area (TPSA) is 52.9 Å². The Morgan fingerprint density at radius 2 is 1.90 bits per heavy atom. The van der Waals surface area contributed by atoms with Crippen molar-refractivity contribution < 1.29 is 18.5 Å². The molecule has 0 aliphatic carbocycles. The van der Waals surface area contributed by atoms with Crippen molar-refractivity contribution >= 4 is 7.60 Å². The second-order valence-electron chi connectivity index (χ2n) is 4.70. The van der Waals surface area contributed by atoms with Gasteiger partial charge in [0, 0.05) is 18.8 Å². The van der Waals surface area contributed by atoms with Crippen LogP contribution >= 0.6 is 7.60 Å². The van der Waals surface area contributed by atoms with Crippen molar-refractivity contribution in [1.82, 2.24) is 4.98 Å². The molecule has 0 saturated heterocycles. The van der Waals surface area contributed by atoms with Gasteiger partial charge in [-0.1, -0.05) is 6.58 Å². The van der Waals surface area contributed by atoms with Gasteiger partial charge in [0.15, 0.2) is 6.29 Å². The Hall–Kier alpha value is -1.00. The normalized spacial score (nSPS) is 13.0. The summed E-state index contributed by atoms with van der Waals surface area (Å²) in [5.41, 5.74) is 1.22. The van der Waals surface area contributed by atoms with E-state index in [2.05, 4.69) is 11.6 Å². The molecule has 0 saturated carbocycles. The van der Waals surface area contributed by atoms with Crippen LogP contribution < -0.4 is 4.90 Å². The molecule has 6 heteroatoms. The van der Waals surface area contributed by atoms with Crippen LogP contribution in [0.3, 0.4) is 0 Å². The van der Waals surface area contributed by atoms with E-state index in [-0.39, 0.29) is 0 Å². The van der Waals surface area contributed by atoms with Crippen molar-refractivity contribution in [2.24, 2.45) is 0 Å². The molecule has 5 nitrogen and oxygen atoms in total. The molecular weight excluding hydrogens is 287 g/mol. The van der Waals surface area contributed by atoms with Crippen molar-refractivity contribution in [3.8, 4) is 0 Å². The lowest BCUT2D eigenvalue weighted by Crippen LogP contribution is -3.12. The van der Waals surface area contributed by atoms with Crippen molar-refractivity contribution in [1.29, 1.82) is 0 Å². The van der Waals surface area contributed by atoms with Crippen molar-refractivity contribution in [2.75, 3.05) is 32.6 Å². The van der Waals surface area contributed by atoms with E-state index in [0.29, 0.717) is 19.5 Å². The van der Waals surface area contributed by atoms with E-state index in [4.69, 9.17) is 9.05 Å². The van der Waals surface area contributed by atoms with Crippen LogP contribution in [0, 0.1) is 0 Å². The molecule has 1 aromatic rings. The van der Waals surface area contributed by atoms with Gasteiger partial charge in [-0.05, 0) is 37.6 Å². The molecule has 0 amide bonds. The van der Waals surface area contributed by atoms with Crippen molar-refractivity contribution in [2.45, 2.75) is 20.3 Å². The molecule has 0 aliphatic heterocycles. The summed E-state index contributed by atoms with van der Waals surface area (Å²) in [5.74, 6) is 0. The van der Waals surface area contributed by atoms with E-state index < -0.39 is 7.60 Å². The summed E-state index contributed by atoms with van der Waals surface area (Å²) in [6.07, 6.45) is 6.67. The molecule has 1 heterocycles. The highest BCUT2D eigenvalue weighted by atomic mass is 31.2. The van der Waals surface area contributed by atoms with E-state index in [9.17, 15) is 4.57 Å². The highest BCUT2D eigenvalue weighted by Crippen LogP contribution is 2.45. The molecule has 0 aromatic carbocycles. The molecule has 1 unspecified atom stereocenters. The Balaban J connectivity index is 2.62. The minimum Gasteiger partial charge on any atom is -0.321 e. The zero-order valence-corrected chi connectivity index (χ0v) is 13.9. The van der Waals surface area contributed by atoms with Crippen LogP contribution in [0.15, 0.2) is 37.2 Å². The number of rotatable bonds is 11. The predicted molar refractivity (Wildman–Crippen MR) is 84.6 cm³/mol. The van der Waals surface area contributed by atoms with Gasteiger partial charge in [0.05, 0.1) is 26.3 Å². The van der Waals surface area contributed by atoms with Crippen molar-refractivity contribution in [3.63, 3.8) is 0 Å². The van der Waals surface area contributed by atoms with Gasteiger partial charge in [0.2, 0.25) is 0 Å². The minimum atomic E-state index is -3.02. The first-order valence-corrected chi connectivity index (χ1v) is 9.07. The first kappa shape index (κ1) is 18.1. The quantitative estimate of drug-likeness (QED) is 0.501. The van der Waals surface area contributed by atoms with Gasteiger partial charge >= 0.3 is 7.60 Å². The third kappa shape index (κ3) is 7.00. The van der Waals surface area contributed by atoms with Crippen LogP contribution in [0.2, 0.25) is 0 Å². The maximum absolute atomic E-state index is 12.6. The summed E-state index contributed by atoms with van der Waals surface area (Å²) in [4.78, 5) is 5.15. The molecule has 0 aliphatic rings. The Morgan fingerprint density at radius 1 is 1.29 bits per heavy atom. The average molecular weight is 313 g/mol. The van der Waals surface area contributed by atoms with Crippen LogP contribution in [0.5, 0.6) is 0 Å². The lowest BCUT2D eigenvalue weighted by Gasteiger charge is -2.23. The Labute approximate surface area is 127 Å². The second-order valence-corrected chi connectivity index (χ2v) is 6.76. The molecule has 0 spiro atoms. The number of pyridine rings is 1. The molecule has 0 bridgehead atoms. The van der Waals surface area contributed by atoms with Gasteiger partial charge in [0.25, 0.3) is 0 Å². The monoisotopic (exact) mass is 313 g/mol. The van der Waals surface area contributed by atoms with Crippen LogP contribution in [0.1, 0.15) is 19.4 Å². The molecule has 118 valence electrons. The fourth-order valence-corrected chi connectivity index (χ4v) is 4.00. The second kappa shape index (κ2) is 9.85. The summed E-state index contributed by atoms with van der Waals surface area (Å²) < 4.78 is 23.3. The fraction of sp³-hybridized carbons (Fsp3) is 0.533. The van der Waals surface area contributed by atoms with Gasteiger partial charge in [-0.2, -0.15) is 0 Å². The summed E-state index contributed by atoms with van der Waals surface area (Å²) in [6, 6.07) is 3.99. The smallest absolute Gasteiger partial charge is 0.321 e. The molecular formula is C15H26N2O3P+. The van der Waals surface area contributed by atoms with Gasteiger partial charge in [-0.15, -0.1) is 0 Å². The maximum atomic E-state index is 12.6. The van der Waals surface area contributed by atoms with Gasteiger partial charge in [-0.3, -0.25) is 9.55 Å². The van der Waals surface area contributed by atoms with E-state index in [0.717, 1.165) is 24.4 Å². The van der Waals surface area contributed by atoms with E-state index >= 15 is 0 Å². The fourth-order valence-electron chi connectivity index (χ4n) is 2.12. The molecule has 1 aromatic heterocycles. The first-order valence-electron chi connectivity index (χ1n) is 7.35. The summed E-state index contributed by atoms with van der Waals surface area (Å²) in [5, 5.41) is 0. The molecule has 21 heavy (non-hydrogen) atoms. The van der Waals surface area contributed by atoms with Crippen LogP contribution in [-0.4, -0.2) is 37.6 Å². The Morgan fingerprint density at radius 3 is 2.43 bits per heavy atom. The van der Waals surface area contributed by atoms with E-state index in [1.54, 1.807) is 12.4 Å². The lowest BCUT2D eigenvalue weighted by molar-refractivity contribution is -0.883. The van der Waals surface area contributed by atoms with Gasteiger partial charge in [0.1, 0.15) is 0 Å². The number of hydrogen-bond donors (Lipinski definition) is 1. The predicted octanol–water partition coefficient (Wildman–Crippen LogP) is 1.92. The molecule has 0 radical (unpaired) electrons. The number of hydrogen-bond acceptors (Lipinski definition) is 4. The molecule has 0 fully saturated rings. The third-order valence-electron chi connectivity index (χ3n) is 3.02. The zero-order chi connectivity index (χ0) is 15.6. The Kier molecular flexibility index (Phi) is 8.47. The zero-order valence-electron chi connectivity index (χ0n) is 13.0. The highest BCUT2D eigenvalue weighted by Gasteiger charge is 2.29. The SMILES string of the molecule is C=CC[NH+](CCc1ccncc1)CP(=O)(OCC)OCC. The highest BCUT2D eigenvalue weighted by molar-refractivity contribution is 7.53. The summed E-state index contributed by atoms with van der Waals surface area (Å²) in [6.45, 7) is 9.80. The molecule has 1 N–H and O–H groups in total. The number of nitrogens with zero attached hydrogens (tertiary/aromatic N) is 1. The summed E-state index contributed by atoms with van der Waals surface area (Å²) in [7, 11) is -3.02. The van der Waals surface area contributed by atoms with Gasteiger partial charge < -0.3 is 13.9 Å². The average Bonchev–Trinajstić information content (AvgIpc) is 2.46. The standard InChI is InChI=1S/C15H25N2O3P/c1-4-12-17(13-9-15-7-10-16-11-8-15)14-21(18,19-5-2)20-6-3/h4,7-8,10-11H,1,5-6,9,12-14H2,2-3H3/p+1. The third-order valence-corrected chi connectivity index (χ3v) is 5.16. The van der Waals surface area contributed by atoms with Crippen LogP contribution in [-0.2, 0) is 20.0 Å². The molecule has 1 atom stereocenters. The van der Waals surface area contributed by atoms with E-state index in [1.807, 2.05) is 32.1 Å². The van der Waals surface area contributed by atoms with Crippen LogP contribution in [0.4, 0.5) is 0 Å². The van der Waals surface area contributed by atoms with Crippen molar-refractivity contribution in [3.05, 3.63) is 42.7 Å². The lowest BCUT2D eigenvalue weighted by atomic mass is 10.2. The summed E-state index contributed by atoms with van der Waals surface area (Å²) >= 11 is 0. The largest absolute Gasteiger partial charge is 0.384 e.